The van der Waals surface area contributed by atoms with Gasteiger partial charge in [0.1, 0.15) is 11.3 Å². The van der Waals surface area contributed by atoms with E-state index in [0.29, 0.717) is 27.7 Å². The normalized spacial score (nSPS) is 12.6. The predicted molar refractivity (Wildman–Crippen MR) is 99.6 cm³/mol. The van der Waals surface area contributed by atoms with E-state index in [4.69, 9.17) is 0 Å². The van der Waals surface area contributed by atoms with Crippen molar-refractivity contribution in [1.82, 2.24) is 14.5 Å². The van der Waals surface area contributed by atoms with Crippen LogP contribution in [0.25, 0.3) is 22.6 Å². The van der Waals surface area contributed by atoms with Gasteiger partial charge in [-0.3, -0.25) is 0 Å². The molecule has 0 N–H and O–H groups in total. The highest BCUT2D eigenvalue weighted by Gasteiger charge is 2.32. The number of aromatic nitrogens is 3. The second kappa shape index (κ2) is 7.98. The minimum atomic E-state index is -4.57. The van der Waals surface area contributed by atoms with Gasteiger partial charge in [0.15, 0.2) is 23.4 Å². The zero-order valence-corrected chi connectivity index (χ0v) is 16.6. The SMILES string of the molecule is CCSc1cc(C(F)(F)F)ccc1-c1nc2cc(OSC(F)(F)F)cnc2n1C. The van der Waals surface area contributed by atoms with Crippen molar-refractivity contribution in [1.29, 1.82) is 0 Å². The fourth-order valence-corrected chi connectivity index (χ4v) is 3.72. The molecule has 0 saturated carbocycles. The van der Waals surface area contributed by atoms with Crippen molar-refractivity contribution in [3.63, 3.8) is 0 Å². The summed E-state index contributed by atoms with van der Waals surface area (Å²) >= 11 is 0.564. The van der Waals surface area contributed by atoms with E-state index in [1.165, 1.54) is 23.9 Å². The van der Waals surface area contributed by atoms with Gasteiger partial charge < -0.3 is 8.75 Å². The molecule has 0 radical (unpaired) electrons. The van der Waals surface area contributed by atoms with Crippen LogP contribution in [0.5, 0.6) is 5.75 Å². The molecule has 0 saturated heterocycles. The maximum absolute atomic E-state index is 13.1. The van der Waals surface area contributed by atoms with Gasteiger partial charge in [-0.25, -0.2) is 9.97 Å². The van der Waals surface area contributed by atoms with Crippen LogP contribution in [0.15, 0.2) is 35.4 Å². The molecule has 0 bridgehead atoms. The molecular weight excluding hydrogens is 440 g/mol. The Morgan fingerprint density at radius 3 is 2.45 bits per heavy atom. The smallest absolute Gasteiger partial charge is 0.415 e. The van der Waals surface area contributed by atoms with Crippen molar-refractivity contribution in [2.24, 2.45) is 7.05 Å². The van der Waals surface area contributed by atoms with Crippen LogP contribution in [0.3, 0.4) is 0 Å². The molecule has 12 heteroatoms. The predicted octanol–water partition coefficient (Wildman–Crippen LogP) is 6.31. The van der Waals surface area contributed by atoms with Gasteiger partial charge >= 0.3 is 11.7 Å². The summed E-state index contributed by atoms with van der Waals surface area (Å²) in [5.74, 6) is 0.751. The Morgan fingerprint density at radius 2 is 1.83 bits per heavy atom. The van der Waals surface area contributed by atoms with Gasteiger partial charge in [0.25, 0.3) is 0 Å². The average Bonchev–Trinajstić information content (AvgIpc) is 2.95. The number of thioether (sulfide) groups is 1. The first-order valence-electron chi connectivity index (χ1n) is 8.09. The maximum atomic E-state index is 13.1. The van der Waals surface area contributed by atoms with Gasteiger partial charge in [0.05, 0.1) is 11.8 Å². The number of hydrogen-bond donors (Lipinski definition) is 0. The van der Waals surface area contributed by atoms with E-state index in [1.54, 1.807) is 11.6 Å². The third kappa shape index (κ3) is 4.92. The Labute approximate surface area is 169 Å². The van der Waals surface area contributed by atoms with Gasteiger partial charge in [-0.15, -0.1) is 11.8 Å². The average molecular weight is 453 g/mol. The first-order valence-corrected chi connectivity index (χ1v) is 9.81. The van der Waals surface area contributed by atoms with Gasteiger partial charge in [-0.2, -0.15) is 26.3 Å². The molecule has 0 unspecified atom stereocenters. The standard InChI is InChI=1S/C17H13F6N3OS2/c1-3-28-13-6-9(16(18,19)20)4-5-11(13)14-25-12-7-10(27-29-17(21,22)23)8-24-15(12)26(14)2/h4-8H,3H2,1-2H3. The second-order valence-corrected chi connectivity index (χ2v) is 7.86. The summed E-state index contributed by atoms with van der Waals surface area (Å²) in [6, 6.07) is 4.65. The summed E-state index contributed by atoms with van der Waals surface area (Å²) < 4.78 is 82.2. The zero-order valence-electron chi connectivity index (χ0n) is 14.9. The van der Waals surface area contributed by atoms with Crippen molar-refractivity contribution >= 4 is 35.0 Å². The molecule has 4 nitrogen and oxygen atoms in total. The Bertz CT molecular complexity index is 1030. The molecule has 0 aliphatic carbocycles. The molecule has 2 heterocycles. The molecule has 1 aromatic carbocycles. The largest absolute Gasteiger partial charge is 0.479 e. The lowest BCUT2D eigenvalue weighted by Gasteiger charge is -2.12. The van der Waals surface area contributed by atoms with Gasteiger partial charge in [0, 0.05) is 23.6 Å². The summed E-state index contributed by atoms with van der Waals surface area (Å²) in [5.41, 5.74) is -4.25. The van der Waals surface area contributed by atoms with Crippen LogP contribution in [0.1, 0.15) is 12.5 Å². The summed E-state index contributed by atoms with van der Waals surface area (Å²) in [7, 11) is 1.63. The van der Waals surface area contributed by atoms with Crippen LogP contribution < -0.4 is 4.18 Å². The van der Waals surface area contributed by atoms with Gasteiger partial charge in [-0.1, -0.05) is 6.92 Å². The topological polar surface area (TPSA) is 39.9 Å². The number of fused-ring (bicyclic) bond motifs is 1. The third-order valence-electron chi connectivity index (χ3n) is 3.77. The van der Waals surface area contributed by atoms with E-state index in [2.05, 4.69) is 14.2 Å². The number of alkyl halides is 6. The molecule has 3 rings (SSSR count). The van der Waals surface area contributed by atoms with Crippen LogP contribution in [0, 0.1) is 0 Å². The quantitative estimate of drug-likeness (QED) is 0.257. The number of nitrogens with zero attached hydrogens (tertiary/aromatic N) is 3. The summed E-state index contributed by atoms with van der Waals surface area (Å²) in [6.07, 6.45) is -3.35. The highest BCUT2D eigenvalue weighted by Crippen LogP contribution is 2.38. The minimum Gasteiger partial charge on any atom is -0.415 e. The minimum absolute atomic E-state index is 0.139. The van der Waals surface area contributed by atoms with Crippen molar-refractivity contribution in [3.05, 3.63) is 36.0 Å². The van der Waals surface area contributed by atoms with Crippen LogP contribution in [-0.4, -0.2) is 25.8 Å². The molecule has 0 spiro atoms. The lowest BCUT2D eigenvalue weighted by Crippen LogP contribution is -2.05. The first-order chi connectivity index (χ1) is 13.5. The molecule has 0 aliphatic rings. The summed E-state index contributed by atoms with van der Waals surface area (Å²) in [5, 5.41) is 0. The summed E-state index contributed by atoms with van der Waals surface area (Å²) in [4.78, 5) is 8.82. The lowest BCUT2D eigenvalue weighted by molar-refractivity contribution is -0.137. The van der Waals surface area contributed by atoms with Gasteiger partial charge in [-0.05, 0) is 24.0 Å². The van der Waals surface area contributed by atoms with E-state index < -0.39 is 29.3 Å². The van der Waals surface area contributed by atoms with Crippen LogP contribution in [-0.2, 0) is 13.2 Å². The lowest BCUT2D eigenvalue weighted by atomic mass is 10.1. The number of benzene rings is 1. The second-order valence-electron chi connectivity index (χ2n) is 5.76. The molecule has 0 aliphatic heterocycles. The van der Waals surface area contributed by atoms with Crippen molar-refractivity contribution in [2.75, 3.05) is 5.75 Å². The molecule has 3 aromatic rings. The fraction of sp³-hybridized carbons (Fsp3) is 0.294. The molecule has 0 fully saturated rings. The number of hydrogen-bond acceptors (Lipinski definition) is 5. The van der Waals surface area contributed by atoms with E-state index in [9.17, 15) is 26.3 Å². The Balaban J connectivity index is 2.04. The monoisotopic (exact) mass is 453 g/mol. The molecule has 156 valence electrons. The highest BCUT2D eigenvalue weighted by molar-refractivity contribution is 7.99. The number of rotatable bonds is 5. The van der Waals surface area contributed by atoms with E-state index >= 15 is 0 Å². The first kappa shape index (κ1) is 21.6. The Hall–Kier alpha value is -2.08. The number of imidazole rings is 1. The van der Waals surface area contributed by atoms with E-state index in [0.717, 1.165) is 18.3 Å². The number of pyridine rings is 1. The van der Waals surface area contributed by atoms with Crippen molar-refractivity contribution in [3.8, 4) is 17.1 Å². The van der Waals surface area contributed by atoms with E-state index in [-0.39, 0.29) is 11.3 Å². The Kier molecular flexibility index (Phi) is 5.95. The maximum Gasteiger partial charge on any atom is 0.479 e. The van der Waals surface area contributed by atoms with Gasteiger partial charge in [0.2, 0.25) is 0 Å². The van der Waals surface area contributed by atoms with Crippen LogP contribution in [0.2, 0.25) is 0 Å². The Morgan fingerprint density at radius 1 is 1.10 bits per heavy atom. The molecular formula is C17H13F6N3OS2. The highest BCUT2D eigenvalue weighted by atomic mass is 32.2. The molecule has 2 aromatic heterocycles. The molecule has 0 atom stereocenters. The summed E-state index contributed by atoms with van der Waals surface area (Å²) in [6.45, 7) is 1.81. The van der Waals surface area contributed by atoms with Crippen molar-refractivity contribution < 1.29 is 30.5 Å². The third-order valence-corrected chi connectivity index (χ3v) is 5.17. The van der Waals surface area contributed by atoms with E-state index in [1.807, 2.05) is 6.92 Å². The number of aryl methyl sites for hydroxylation is 1. The van der Waals surface area contributed by atoms with Crippen LogP contribution >= 0.6 is 23.8 Å². The van der Waals surface area contributed by atoms with Crippen LogP contribution in [0.4, 0.5) is 26.3 Å². The fourth-order valence-electron chi connectivity index (χ4n) is 2.60. The zero-order chi connectivity index (χ0) is 21.4. The molecule has 0 amide bonds. The molecule has 29 heavy (non-hydrogen) atoms. The van der Waals surface area contributed by atoms with Crippen molar-refractivity contribution in [2.45, 2.75) is 23.5 Å². The number of halogens is 6.